The van der Waals surface area contributed by atoms with Gasteiger partial charge >= 0.3 is 0 Å². The first-order valence-electron chi connectivity index (χ1n) is 6.61. The lowest BCUT2D eigenvalue weighted by atomic mass is 10.1. The normalized spacial score (nSPS) is 12.2. The maximum atomic E-state index is 13.2. The Labute approximate surface area is 123 Å². The Morgan fingerprint density at radius 3 is 2.65 bits per heavy atom. The Balaban J connectivity index is 1.95. The summed E-state index contributed by atoms with van der Waals surface area (Å²) in [6, 6.07) is 13.3. The van der Waals surface area contributed by atoms with Crippen LogP contribution in [0.3, 0.4) is 0 Å². The minimum atomic E-state index is -0.494. The van der Waals surface area contributed by atoms with Gasteiger partial charge in [-0.1, -0.05) is 41.9 Å². The molecule has 1 unspecified atom stereocenters. The molecular formula is C16H18ClFN2. The van der Waals surface area contributed by atoms with Gasteiger partial charge in [-0.2, -0.15) is 0 Å². The highest BCUT2D eigenvalue weighted by atomic mass is 35.5. The number of nitrogens with two attached hydrogens (primary N) is 1. The number of rotatable bonds is 5. The van der Waals surface area contributed by atoms with Crippen molar-refractivity contribution in [3.8, 4) is 0 Å². The second-order valence-corrected chi connectivity index (χ2v) is 5.33. The molecule has 0 fully saturated rings. The van der Waals surface area contributed by atoms with Gasteiger partial charge < -0.3 is 11.1 Å². The van der Waals surface area contributed by atoms with Gasteiger partial charge in [0.2, 0.25) is 0 Å². The van der Waals surface area contributed by atoms with Crippen LogP contribution >= 0.6 is 11.6 Å². The number of nitrogens with one attached hydrogen (secondary N) is 1. The summed E-state index contributed by atoms with van der Waals surface area (Å²) in [5.41, 5.74) is 8.13. The van der Waals surface area contributed by atoms with E-state index in [9.17, 15) is 4.39 Å². The number of hydrogen-bond donors (Lipinski definition) is 2. The first-order valence-corrected chi connectivity index (χ1v) is 6.99. The van der Waals surface area contributed by atoms with E-state index in [-0.39, 0.29) is 11.1 Å². The molecule has 2 aromatic rings. The molecule has 0 spiro atoms. The molecule has 0 aliphatic rings. The molecule has 4 heteroatoms. The molecule has 0 heterocycles. The quantitative estimate of drug-likeness (QED) is 0.797. The number of hydrogen-bond acceptors (Lipinski definition) is 2. The molecule has 0 saturated heterocycles. The molecule has 0 bridgehead atoms. The zero-order chi connectivity index (χ0) is 14.5. The van der Waals surface area contributed by atoms with Crippen LogP contribution in [0.25, 0.3) is 0 Å². The van der Waals surface area contributed by atoms with Gasteiger partial charge in [0.1, 0.15) is 5.82 Å². The summed E-state index contributed by atoms with van der Waals surface area (Å²) in [6.07, 6.45) is 1.93. The third kappa shape index (κ3) is 3.87. The average Bonchev–Trinajstić information content (AvgIpc) is 2.44. The van der Waals surface area contributed by atoms with Crippen LogP contribution in [0.5, 0.6) is 0 Å². The molecule has 2 rings (SSSR count). The lowest BCUT2D eigenvalue weighted by molar-refractivity contribution is 0.628. The molecule has 0 amide bonds. The van der Waals surface area contributed by atoms with Gasteiger partial charge in [0.25, 0.3) is 0 Å². The number of aryl methyl sites for hydroxylation is 1. The van der Waals surface area contributed by atoms with E-state index in [0.717, 1.165) is 12.8 Å². The van der Waals surface area contributed by atoms with Gasteiger partial charge in [-0.3, -0.25) is 0 Å². The van der Waals surface area contributed by atoms with Crippen LogP contribution < -0.4 is 11.1 Å². The highest BCUT2D eigenvalue weighted by molar-refractivity contribution is 6.31. The fourth-order valence-electron chi connectivity index (χ4n) is 2.05. The second-order valence-electron chi connectivity index (χ2n) is 4.92. The Morgan fingerprint density at radius 2 is 1.95 bits per heavy atom. The molecular weight excluding hydrogens is 275 g/mol. The minimum absolute atomic E-state index is 0.0805. The van der Waals surface area contributed by atoms with Gasteiger partial charge in [-0.05, 0) is 31.4 Å². The third-order valence-corrected chi connectivity index (χ3v) is 3.49. The van der Waals surface area contributed by atoms with Crippen molar-refractivity contribution in [3.63, 3.8) is 0 Å². The largest absolute Gasteiger partial charge is 0.397 e. The van der Waals surface area contributed by atoms with Gasteiger partial charge in [-0.25, -0.2) is 4.39 Å². The number of nitrogen functional groups attached to an aromatic ring is 1. The van der Waals surface area contributed by atoms with E-state index in [1.807, 2.05) is 18.2 Å². The number of benzene rings is 2. The monoisotopic (exact) mass is 292 g/mol. The zero-order valence-corrected chi connectivity index (χ0v) is 12.1. The average molecular weight is 293 g/mol. The molecule has 0 radical (unpaired) electrons. The Kier molecular flexibility index (Phi) is 4.85. The summed E-state index contributed by atoms with van der Waals surface area (Å²) in [4.78, 5) is 0. The standard InChI is InChI=1S/C16H18ClFN2/c1-11(7-8-12-5-3-2-4-6-12)20-16-9-13(17)14(18)10-15(16)19/h2-6,9-11,20H,7-8,19H2,1H3. The van der Waals surface area contributed by atoms with Crippen LogP contribution in [-0.4, -0.2) is 6.04 Å². The first kappa shape index (κ1) is 14.7. The van der Waals surface area contributed by atoms with E-state index in [1.54, 1.807) is 0 Å². The first-order chi connectivity index (χ1) is 9.56. The molecule has 20 heavy (non-hydrogen) atoms. The number of halogens is 2. The summed E-state index contributed by atoms with van der Waals surface area (Å²) in [5, 5.41) is 3.35. The second kappa shape index (κ2) is 6.62. The lowest BCUT2D eigenvalue weighted by Crippen LogP contribution is -2.17. The lowest BCUT2D eigenvalue weighted by Gasteiger charge is -2.17. The summed E-state index contributed by atoms with van der Waals surface area (Å²) in [7, 11) is 0. The maximum Gasteiger partial charge on any atom is 0.143 e. The van der Waals surface area contributed by atoms with Crippen molar-refractivity contribution < 1.29 is 4.39 Å². The molecule has 2 nitrogen and oxygen atoms in total. The van der Waals surface area contributed by atoms with Gasteiger partial charge in [-0.15, -0.1) is 0 Å². The van der Waals surface area contributed by atoms with E-state index in [2.05, 4.69) is 24.4 Å². The van der Waals surface area contributed by atoms with Gasteiger partial charge in [0.15, 0.2) is 0 Å². The fourth-order valence-corrected chi connectivity index (χ4v) is 2.22. The molecule has 0 aliphatic heterocycles. The van der Waals surface area contributed by atoms with Crippen molar-refractivity contribution >= 4 is 23.0 Å². The van der Waals surface area contributed by atoms with Crippen molar-refractivity contribution in [2.24, 2.45) is 0 Å². The zero-order valence-electron chi connectivity index (χ0n) is 11.4. The summed E-state index contributed by atoms with van der Waals surface area (Å²) >= 11 is 5.77. The molecule has 3 N–H and O–H groups in total. The van der Waals surface area contributed by atoms with Crippen LogP contribution in [0.2, 0.25) is 5.02 Å². The predicted molar refractivity (Wildman–Crippen MR) is 83.7 cm³/mol. The SMILES string of the molecule is CC(CCc1ccccc1)Nc1cc(Cl)c(F)cc1N. The molecule has 0 aromatic heterocycles. The summed E-state index contributed by atoms with van der Waals surface area (Å²) in [6.45, 7) is 2.07. The van der Waals surface area contributed by atoms with Crippen molar-refractivity contribution in [1.82, 2.24) is 0 Å². The van der Waals surface area contributed by atoms with Crippen LogP contribution in [0.15, 0.2) is 42.5 Å². The van der Waals surface area contributed by atoms with Crippen molar-refractivity contribution in [2.45, 2.75) is 25.8 Å². The minimum Gasteiger partial charge on any atom is -0.397 e. The molecule has 2 aromatic carbocycles. The molecule has 0 aliphatic carbocycles. The smallest absolute Gasteiger partial charge is 0.143 e. The summed E-state index contributed by atoms with van der Waals surface area (Å²) < 4.78 is 13.2. The molecule has 0 saturated carbocycles. The van der Waals surface area contributed by atoms with Crippen LogP contribution in [0.1, 0.15) is 18.9 Å². The van der Waals surface area contributed by atoms with Crippen LogP contribution in [0.4, 0.5) is 15.8 Å². The van der Waals surface area contributed by atoms with Crippen molar-refractivity contribution in [2.75, 3.05) is 11.1 Å². The Hall–Kier alpha value is -1.74. The van der Waals surface area contributed by atoms with E-state index in [0.29, 0.717) is 11.4 Å². The topological polar surface area (TPSA) is 38.0 Å². The highest BCUT2D eigenvalue weighted by Crippen LogP contribution is 2.27. The van der Waals surface area contributed by atoms with Gasteiger partial charge in [0.05, 0.1) is 16.4 Å². The van der Waals surface area contributed by atoms with Crippen molar-refractivity contribution in [3.05, 3.63) is 58.9 Å². The predicted octanol–water partition coefficient (Wildman–Crippen LogP) is 4.49. The third-order valence-electron chi connectivity index (χ3n) is 3.20. The van der Waals surface area contributed by atoms with E-state index < -0.39 is 5.82 Å². The van der Waals surface area contributed by atoms with Crippen LogP contribution in [-0.2, 0) is 6.42 Å². The fraction of sp³-hybridized carbons (Fsp3) is 0.250. The van der Waals surface area contributed by atoms with E-state index >= 15 is 0 Å². The van der Waals surface area contributed by atoms with E-state index in [1.165, 1.54) is 17.7 Å². The highest BCUT2D eigenvalue weighted by Gasteiger charge is 2.09. The Morgan fingerprint density at radius 1 is 1.25 bits per heavy atom. The maximum absolute atomic E-state index is 13.2. The van der Waals surface area contributed by atoms with E-state index in [4.69, 9.17) is 17.3 Å². The Bertz CT molecular complexity index is 572. The van der Waals surface area contributed by atoms with Gasteiger partial charge in [0, 0.05) is 12.1 Å². The van der Waals surface area contributed by atoms with Crippen LogP contribution in [0, 0.1) is 5.82 Å². The van der Waals surface area contributed by atoms with Crippen molar-refractivity contribution in [1.29, 1.82) is 0 Å². The molecule has 106 valence electrons. The summed E-state index contributed by atoms with van der Waals surface area (Å²) in [5.74, 6) is -0.494. The molecule has 1 atom stereocenters. The number of anilines is 2.